The minimum atomic E-state index is -6.68. The van der Waals surface area contributed by atoms with Crippen molar-refractivity contribution in [2.75, 3.05) is 28.2 Å². The highest BCUT2D eigenvalue weighted by atomic mass is 19.4. The minimum absolute atomic E-state index is 1.00. The Hall–Kier alpha value is -0.670. The monoisotopic (exact) mass is 294 g/mol. The van der Waals surface area contributed by atoms with Crippen molar-refractivity contribution < 1.29 is 44.0 Å². The Balaban J connectivity index is 0. The summed E-state index contributed by atoms with van der Waals surface area (Å²) in [6, 6.07) is 0. The zero-order chi connectivity index (χ0) is 15.6. The molecule has 18 heavy (non-hydrogen) atoms. The largest absolute Gasteiger partial charge is 0.437 e. The second-order valence-electron chi connectivity index (χ2n) is 4.69. The normalized spacial score (nSPS) is 14.3. The lowest BCUT2D eigenvalue weighted by atomic mass is 10.1. The summed E-state index contributed by atoms with van der Waals surface area (Å²) < 4.78 is 103. The standard InChI is InChI=1S/C4HF9.C4H12N/c5-1(6)2(7,3(8,9)10)4(11,12)13;1-5(2,3)4/h1H;1-4H3/q;+1. The second-order valence-corrected chi connectivity index (χ2v) is 4.69. The third-order valence-electron chi connectivity index (χ3n) is 1.13. The van der Waals surface area contributed by atoms with Crippen LogP contribution in [0, 0.1) is 0 Å². The van der Waals surface area contributed by atoms with E-state index in [9.17, 15) is 39.5 Å². The van der Waals surface area contributed by atoms with E-state index in [1.165, 1.54) is 0 Å². The molecule has 0 saturated carbocycles. The third kappa shape index (κ3) is 5.78. The zero-order valence-electron chi connectivity index (χ0n) is 9.93. The molecule has 0 aliphatic rings. The number of quaternary nitrogens is 1. The number of alkyl halides is 9. The fourth-order valence-electron chi connectivity index (χ4n) is 0.408. The summed E-state index contributed by atoms with van der Waals surface area (Å²) in [7, 11) is 8.50. The quantitative estimate of drug-likeness (QED) is 0.513. The first kappa shape index (κ1) is 19.7. The van der Waals surface area contributed by atoms with E-state index >= 15 is 0 Å². The Kier molecular flexibility index (Phi) is 6.05. The molecule has 0 amide bonds. The summed E-state index contributed by atoms with van der Waals surface area (Å²) in [5, 5.41) is 0. The highest BCUT2D eigenvalue weighted by Gasteiger charge is 2.78. The topological polar surface area (TPSA) is 0 Å². The van der Waals surface area contributed by atoms with Gasteiger partial charge >= 0.3 is 18.0 Å². The van der Waals surface area contributed by atoms with E-state index in [-0.39, 0.29) is 0 Å². The molecule has 0 spiro atoms. The number of rotatable bonds is 1. The van der Waals surface area contributed by atoms with E-state index < -0.39 is 24.4 Å². The predicted molar refractivity (Wildman–Crippen MR) is 45.9 cm³/mol. The van der Waals surface area contributed by atoms with Gasteiger partial charge in [0, 0.05) is 0 Å². The van der Waals surface area contributed by atoms with Gasteiger partial charge in [0.25, 0.3) is 6.43 Å². The molecule has 0 atom stereocenters. The van der Waals surface area contributed by atoms with Crippen molar-refractivity contribution in [2.45, 2.75) is 24.4 Å². The van der Waals surface area contributed by atoms with Gasteiger partial charge in [0.05, 0.1) is 28.2 Å². The van der Waals surface area contributed by atoms with Crippen molar-refractivity contribution in [1.29, 1.82) is 0 Å². The van der Waals surface area contributed by atoms with Crippen molar-refractivity contribution in [2.24, 2.45) is 0 Å². The molecule has 112 valence electrons. The zero-order valence-corrected chi connectivity index (χ0v) is 9.93. The first-order valence-electron chi connectivity index (χ1n) is 4.34. The van der Waals surface area contributed by atoms with Crippen LogP contribution in [0.2, 0.25) is 0 Å². The molecule has 0 radical (unpaired) electrons. The van der Waals surface area contributed by atoms with Crippen molar-refractivity contribution in [3.8, 4) is 0 Å². The van der Waals surface area contributed by atoms with E-state index in [1.807, 2.05) is 0 Å². The van der Waals surface area contributed by atoms with Crippen LogP contribution in [0.5, 0.6) is 0 Å². The van der Waals surface area contributed by atoms with Crippen LogP contribution in [0.1, 0.15) is 0 Å². The van der Waals surface area contributed by atoms with Gasteiger partial charge in [0.1, 0.15) is 0 Å². The Morgan fingerprint density at radius 1 is 0.667 bits per heavy atom. The summed E-state index contributed by atoms with van der Waals surface area (Å²) in [5.41, 5.74) is -6.46. The van der Waals surface area contributed by atoms with Crippen LogP contribution in [0.15, 0.2) is 0 Å². The Bertz CT molecular complexity index is 227. The molecule has 0 aliphatic carbocycles. The summed E-state index contributed by atoms with van der Waals surface area (Å²) in [6.07, 6.45) is -18.6. The number of hydrogen-bond acceptors (Lipinski definition) is 0. The molecule has 0 heterocycles. The molecule has 0 aromatic carbocycles. The van der Waals surface area contributed by atoms with Gasteiger partial charge in [-0.15, -0.1) is 0 Å². The number of halogens is 9. The van der Waals surface area contributed by atoms with Gasteiger partial charge in [0.15, 0.2) is 0 Å². The van der Waals surface area contributed by atoms with E-state index in [0.717, 1.165) is 4.48 Å². The van der Waals surface area contributed by atoms with Crippen molar-refractivity contribution in [3.63, 3.8) is 0 Å². The predicted octanol–water partition coefficient (Wildman–Crippen LogP) is 3.41. The van der Waals surface area contributed by atoms with Crippen LogP contribution in [0.25, 0.3) is 0 Å². The van der Waals surface area contributed by atoms with E-state index in [2.05, 4.69) is 28.2 Å². The molecule has 10 heteroatoms. The maximum absolute atomic E-state index is 11.9. The van der Waals surface area contributed by atoms with Gasteiger partial charge < -0.3 is 4.48 Å². The fraction of sp³-hybridized carbons (Fsp3) is 1.00. The van der Waals surface area contributed by atoms with Crippen LogP contribution < -0.4 is 0 Å². The molecule has 0 fully saturated rings. The first-order valence-corrected chi connectivity index (χ1v) is 4.34. The van der Waals surface area contributed by atoms with E-state index in [0.29, 0.717) is 0 Å². The average Bonchev–Trinajstić information content (AvgIpc) is 1.94. The summed E-state index contributed by atoms with van der Waals surface area (Å²) in [6.45, 7) is 0. The fourth-order valence-corrected chi connectivity index (χ4v) is 0.408. The average molecular weight is 294 g/mol. The second kappa shape index (κ2) is 5.54. The molecule has 0 bridgehead atoms. The molecule has 1 nitrogen and oxygen atoms in total. The van der Waals surface area contributed by atoms with Crippen molar-refractivity contribution in [3.05, 3.63) is 0 Å². The molecule has 0 unspecified atom stereocenters. The van der Waals surface area contributed by atoms with Gasteiger partial charge in [0.2, 0.25) is 0 Å². The SMILES string of the molecule is C[N+](C)(C)C.FC(F)C(F)(C(F)(F)F)C(F)(F)F. The van der Waals surface area contributed by atoms with Gasteiger partial charge in [-0.1, -0.05) is 0 Å². The lowest BCUT2D eigenvalue weighted by Crippen LogP contribution is -2.58. The van der Waals surface area contributed by atoms with E-state index in [4.69, 9.17) is 0 Å². The Morgan fingerprint density at radius 3 is 0.833 bits per heavy atom. The van der Waals surface area contributed by atoms with Crippen LogP contribution >= 0.6 is 0 Å². The summed E-state index contributed by atoms with van der Waals surface area (Å²) >= 11 is 0. The van der Waals surface area contributed by atoms with Gasteiger partial charge in [-0.25, -0.2) is 13.2 Å². The Labute approximate surface area is 97.8 Å². The molecule has 0 rings (SSSR count). The highest BCUT2D eigenvalue weighted by Crippen LogP contribution is 2.49. The van der Waals surface area contributed by atoms with Gasteiger partial charge in [-0.2, -0.15) is 26.3 Å². The lowest BCUT2D eigenvalue weighted by Gasteiger charge is -2.28. The van der Waals surface area contributed by atoms with Crippen molar-refractivity contribution in [1.82, 2.24) is 0 Å². The van der Waals surface area contributed by atoms with Gasteiger partial charge in [-0.3, -0.25) is 0 Å². The number of hydrogen-bond donors (Lipinski definition) is 0. The smallest absolute Gasteiger partial charge is 0.333 e. The van der Waals surface area contributed by atoms with Crippen LogP contribution in [0.4, 0.5) is 39.5 Å². The number of nitrogens with zero attached hydrogens (tertiary/aromatic N) is 1. The summed E-state index contributed by atoms with van der Waals surface area (Å²) in [4.78, 5) is 0. The minimum Gasteiger partial charge on any atom is -0.333 e. The maximum Gasteiger partial charge on any atom is 0.437 e. The Morgan fingerprint density at radius 2 is 0.833 bits per heavy atom. The van der Waals surface area contributed by atoms with Crippen LogP contribution in [-0.4, -0.2) is 57.1 Å². The maximum atomic E-state index is 11.9. The molecule has 0 aliphatic heterocycles. The summed E-state index contributed by atoms with van der Waals surface area (Å²) in [5.74, 6) is 0. The third-order valence-corrected chi connectivity index (χ3v) is 1.13. The van der Waals surface area contributed by atoms with Gasteiger partial charge in [-0.05, 0) is 0 Å². The lowest BCUT2D eigenvalue weighted by molar-refractivity contribution is -0.849. The van der Waals surface area contributed by atoms with Crippen LogP contribution in [-0.2, 0) is 0 Å². The first-order chi connectivity index (χ1) is 7.44. The molecule has 0 N–H and O–H groups in total. The molecule has 0 saturated heterocycles. The molecule has 0 aromatic heterocycles. The van der Waals surface area contributed by atoms with Crippen LogP contribution in [0.3, 0.4) is 0 Å². The molecular formula is C8H13F9N+. The van der Waals surface area contributed by atoms with E-state index in [1.54, 1.807) is 0 Å². The molecule has 0 aromatic rings. The molecular weight excluding hydrogens is 281 g/mol. The van der Waals surface area contributed by atoms with Crippen molar-refractivity contribution >= 4 is 0 Å². The highest BCUT2D eigenvalue weighted by molar-refractivity contribution is 4.96.